The highest BCUT2D eigenvalue weighted by molar-refractivity contribution is 8.14. The number of para-hydroxylation sites is 1. The molecule has 1 amide bonds. The predicted octanol–water partition coefficient (Wildman–Crippen LogP) is 2.08. The van der Waals surface area contributed by atoms with Gasteiger partial charge in [0.1, 0.15) is 0 Å². The number of esters is 1. The van der Waals surface area contributed by atoms with Crippen molar-refractivity contribution in [2.45, 2.75) is 19.9 Å². The molecule has 3 N–H and O–H groups in total. The molecule has 1 heterocycles. The van der Waals surface area contributed by atoms with Crippen molar-refractivity contribution in [2.24, 2.45) is 4.99 Å². The van der Waals surface area contributed by atoms with Gasteiger partial charge in [-0.1, -0.05) is 36.9 Å². The molecule has 2 rings (SSSR count). The van der Waals surface area contributed by atoms with Crippen molar-refractivity contribution < 1.29 is 18.9 Å². The van der Waals surface area contributed by atoms with E-state index in [-0.39, 0.29) is 18.1 Å². The molecule has 2 aromatic rings. The summed E-state index contributed by atoms with van der Waals surface area (Å²) in [5.74, 6) is 0.429. The van der Waals surface area contributed by atoms with Crippen LogP contribution in [0.5, 0.6) is 0 Å². The average Bonchev–Trinajstić information content (AvgIpc) is 3.08. The molecule has 0 atom stereocenters. The van der Waals surface area contributed by atoms with E-state index in [1.807, 2.05) is 30.3 Å². The minimum atomic E-state index is -0.456. The van der Waals surface area contributed by atoms with Crippen molar-refractivity contribution in [1.29, 1.82) is 0 Å². The number of benzene rings is 1. The van der Waals surface area contributed by atoms with E-state index in [4.69, 9.17) is 0 Å². The number of aromatic amines is 1. The fourth-order valence-electron chi connectivity index (χ4n) is 2.22. The van der Waals surface area contributed by atoms with Gasteiger partial charge in [-0.3, -0.25) is 4.79 Å². The van der Waals surface area contributed by atoms with Crippen LogP contribution in [0, 0.1) is 0 Å². The maximum absolute atomic E-state index is 12.3. The molecule has 9 heteroatoms. The SMILES string of the molecule is CCCSC(=Nc1[nH]c[n+](CC(=O)OC)c1C(=O)NC)Nc1ccccc1. The number of nitrogens with zero attached hydrogens (tertiary/aromatic N) is 2. The summed E-state index contributed by atoms with van der Waals surface area (Å²) in [5, 5.41) is 6.50. The zero-order chi connectivity index (χ0) is 19.6. The molecule has 0 aliphatic rings. The third kappa shape index (κ3) is 5.85. The van der Waals surface area contributed by atoms with Gasteiger partial charge in [-0.25, -0.2) is 14.3 Å². The molecule has 0 aliphatic heterocycles. The Morgan fingerprint density at radius 2 is 2.04 bits per heavy atom. The van der Waals surface area contributed by atoms with E-state index in [9.17, 15) is 9.59 Å². The fourth-order valence-corrected chi connectivity index (χ4v) is 2.96. The lowest BCUT2D eigenvalue weighted by Gasteiger charge is -2.08. The number of hydrogen-bond acceptors (Lipinski definition) is 5. The maximum Gasteiger partial charge on any atom is 0.348 e. The molecule has 27 heavy (non-hydrogen) atoms. The highest BCUT2D eigenvalue weighted by atomic mass is 32.2. The van der Waals surface area contributed by atoms with Gasteiger partial charge in [0.05, 0.1) is 7.11 Å². The number of aromatic nitrogens is 2. The summed E-state index contributed by atoms with van der Waals surface area (Å²) in [4.78, 5) is 31.5. The van der Waals surface area contributed by atoms with Crippen molar-refractivity contribution in [1.82, 2.24) is 10.3 Å². The van der Waals surface area contributed by atoms with Gasteiger partial charge in [-0.15, -0.1) is 0 Å². The molecule has 0 fully saturated rings. The predicted molar refractivity (Wildman–Crippen MR) is 106 cm³/mol. The Labute approximate surface area is 162 Å². The molecular weight excluding hydrogens is 366 g/mol. The summed E-state index contributed by atoms with van der Waals surface area (Å²) >= 11 is 1.55. The molecule has 1 aromatic carbocycles. The number of ether oxygens (including phenoxy) is 1. The molecular formula is C18H24N5O3S+. The number of aliphatic imine (C=N–C) groups is 1. The number of carbonyl (C=O) groups excluding carboxylic acids is 2. The monoisotopic (exact) mass is 390 g/mol. The number of H-pyrrole nitrogens is 1. The van der Waals surface area contributed by atoms with Crippen molar-refractivity contribution in [3.8, 4) is 0 Å². The fraction of sp³-hybridized carbons (Fsp3) is 0.333. The zero-order valence-electron chi connectivity index (χ0n) is 15.6. The van der Waals surface area contributed by atoms with Gasteiger partial charge in [-0.05, 0) is 18.6 Å². The molecule has 8 nitrogen and oxygen atoms in total. The van der Waals surface area contributed by atoms with E-state index < -0.39 is 5.97 Å². The van der Waals surface area contributed by atoms with Gasteiger partial charge < -0.3 is 15.4 Å². The second-order valence-corrected chi connectivity index (χ2v) is 6.59. The molecule has 1 aromatic heterocycles. The summed E-state index contributed by atoms with van der Waals surface area (Å²) in [6.45, 7) is 2.00. The standard InChI is InChI=1S/C18H23N5O3S/c1-4-10-27-18(21-13-8-6-5-7-9-13)22-16-15(17(25)19-2)23(12-20-16)11-14(24)26-3/h5-9,12H,4,10-11H2,1-3H3,(H2,19,21,22,25)/p+1. The first-order valence-corrected chi connectivity index (χ1v) is 9.50. The Bertz CT molecular complexity index is 805. The van der Waals surface area contributed by atoms with E-state index in [1.165, 1.54) is 25.1 Å². The number of amidine groups is 1. The third-order valence-corrected chi connectivity index (χ3v) is 4.60. The molecule has 0 spiro atoms. The number of anilines is 1. The van der Waals surface area contributed by atoms with Crippen LogP contribution in [-0.4, -0.2) is 41.9 Å². The van der Waals surface area contributed by atoms with Crippen LogP contribution in [0.4, 0.5) is 11.5 Å². The van der Waals surface area contributed by atoms with Crippen molar-refractivity contribution in [2.75, 3.05) is 25.2 Å². The molecule has 0 saturated carbocycles. The molecule has 0 bridgehead atoms. The first-order valence-electron chi connectivity index (χ1n) is 8.52. The summed E-state index contributed by atoms with van der Waals surface area (Å²) in [5.41, 5.74) is 1.16. The van der Waals surface area contributed by atoms with Crippen LogP contribution in [0.1, 0.15) is 23.8 Å². The average molecular weight is 390 g/mol. The molecule has 0 aliphatic carbocycles. The first kappa shape index (κ1) is 20.5. The van der Waals surface area contributed by atoms with Gasteiger partial charge in [-0.2, -0.15) is 4.99 Å². The molecule has 144 valence electrons. The van der Waals surface area contributed by atoms with Crippen LogP contribution in [0.15, 0.2) is 41.7 Å². The number of hydrogen-bond donors (Lipinski definition) is 3. The lowest BCUT2D eigenvalue weighted by molar-refractivity contribution is -0.686. The van der Waals surface area contributed by atoms with E-state index >= 15 is 0 Å². The van der Waals surface area contributed by atoms with Crippen molar-refractivity contribution >= 4 is 40.3 Å². The van der Waals surface area contributed by atoms with Gasteiger partial charge in [0, 0.05) is 18.5 Å². The first-order chi connectivity index (χ1) is 13.1. The van der Waals surface area contributed by atoms with Crippen LogP contribution in [-0.2, 0) is 16.1 Å². The maximum atomic E-state index is 12.3. The lowest BCUT2D eigenvalue weighted by Crippen LogP contribution is -2.44. The smallest absolute Gasteiger partial charge is 0.348 e. The van der Waals surface area contributed by atoms with Crippen LogP contribution in [0.25, 0.3) is 0 Å². The Morgan fingerprint density at radius 1 is 1.30 bits per heavy atom. The number of carbonyl (C=O) groups is 2. The Morgan fingerprint density at radius 3 is 2.67 bits per heavy atom. The second-order valence-electron chi connectivity index (χ2n) is 5.51. The van der Waals surface area contributed by atoms with Crippen molar-refractivity contribution in [3.05, 3.63) is 42.4 Å². The normalized spacial score (nSPS) is 11.1. The van der Waals surface area contributed by atoms with Gasteiger partial charge in [0.25, 0.3) is 17.4 Å². The quantitative estimate of drug-likeness (QED) is 0.291. The van der Waals surface area contributed by atoms with Crippen LogP contribution in [0.3, 0.4) is 0 Å². The highest BCUT2D eigenvalue weighted by Crippen LogP contribution is 2.19. The Balaban J connectivity index is 2.38. The number of nitrogens with one attached hydrogen (secondary N) is 3. The second kappa shape index (κ2) is 10.4. The number of rotatable bonds is 7. The minimum absolute atomic E-state index is 0.0885. The Kier molecular flexibility index (Phi) is 7.87. The van der Waals surface area contributed by atoms with Crippen LogP contribution in [0.2, 0.25) is 0 Å². The van der Waals surface area contributed by atoms with Gasteiger partial charge >= 0.3 is 5.97 Å². The largest absolute Gasteiger partial charge is 0.466 e. The minimum Gasteiger partial charge on any atom is -0.466 e. The molecule has 0 unspecified atom stereocenters. The van der Waals surface area contributed by atoms with Gasteiger partial charge in [0.15, 0.2) is 11.7 Å². The van der Waals surface area contributed by atoms with E-state index in [0.717, 1.165) is 17.9 Å². The summed E-state index contributed by atoms with van der Waals surface area (Å²) in [6.07, 6.45) is 2.51. The number of methoxy groups -OCH3 is 1. The lowest BCUT2D eigenvalue weighted by atomic mass is 10.3. The zero-order valence-corrected chi connectivity index (χ0v) is 16.4. The van der Waals surface area contributed by atoms with Gasteiger partial charge in [0.2, 0.25) is 6.33 Å². The number of imidazole rings is 1. The van der Waals surface area contributed by atoms with E-state index in [0.29, 0.717) is 11.0 Å². The summed E-state index contributed by atoms with van der Waals surface area (Å²) in [7, 11) is 2.83. The summed E-state index contributed by atoms with van der Waals surface area (Å²) < 4.78 is 6.17. The topological polar surface area (TPSA) is 99.5 Å². The molecule has 0 radical (unpaired) electrons. The summed E-state index contributed by atoms with van der Waals surface area (Å²) in [6, 6.07) is 9.67. The number of amides is 1. The highest BCUT2D eigenvalue weighted by Gasteiger charge is 2.26. The van der Waals surface area contributed by atoms with E-state index in [1.54, 1.807) is 11.8 Å². The van der Waals surface area contributed by atoms with Crippen LogP contribution < -0.4 is 15.2 Å². The number of thioether (sulfide) groups is 1. The third-order valence-electron chi connectivity index (χ3n) is 3.52. The van der Waals surface area contributed by atoms with Crippen molar-refractivity contribution in [3.63, 3.8) is 0 Å². The Hall–Kier alpha value is -2.81. The van der Waals surface area contributed by atoms with Crippen LogP contribution >= 0.6 is 11.8 Å². The van der Waals surface area contributed by atoms with E-state index in [2.05, 4.69) is 32.3 Å². The molecule has 0 saturated heterocycles.